The van der Waals surface area contributed by atoms with Gasteiger partial charge in [0.1, 0.15) is 4.60 Å². The Morgan fingerprint density at radius 3 is 3.06 bits per heavy atom. The molecular formula is C10H9BrN4O2. The van der Waals surface area contributed by atoms with Crippen LogP contribution in [0.3, 0.4) is 0 Å². The molecule has 0 aliphatic carbocycles. The van der Waals surface area contributed by atoms with Gasteiger partial charge in [-0.1, -0.05) is 0 Å². The topological polar surface area (TPSA) is 69.9 Å². The molecule has 0 atom stereocenters. The van der Waals surface area contributed by atoms with E-state index in [0.717, 1.165) is 0 Å². The number of hydrogen-bond acceptors (Lipinski definition) is 5. The second kappa shape index (κ2) is 5.05. The molecule has 0 amide bonds. The number of carbonyl (C=O) groups is 1. The Kier molecular flexibility index (Phi) is 3.48. The molecule has 2 aromatic heterocycles. The second-order valence-corrected chi connectivity index (χ2v) is 3.88. The van der Waals surface area contributed by atoms with Crippen molar-refractivity contribution in [3.05, 3.63) is 35.0 Å². The van der Waals surface area contributed by atoms with Crippen LogP contribution < -0.4 is 0 Å². The maximum atomic E-state index is 11.4. The van der Waals surface area contributed by atoms with E-state index in [0.29, 0.717) is 17.0 Å². The van der Waals surface area contributed by atoms with Crippen molar-refractivity contribution in [3.8, 4) is 5.82 Å². The first kappa shape index (κ1) is 11.7. The average Bonchev–Trinajstić information content (AvgIpc) is 2.78. The molecule has 0 fully saturated rings. The molecule has 0 aliphatic heterocycles. The van der Waals surface area contributed by atoms with Gasteiger partial charge in [-0.05, 0) is 28.9 Å². The lowest BCUT2D eigenvalue weighted by Gasteiger charge is -1.99. The van der Waals surface area contributed by atoms with E-state index >= 15 is 0 Å². The molecule has 0 radical (unpaired) electrons. The summed E-state index contributed by atoms with van der Waals surface area (Å²) in [6, 6.07) is 1.57. The van der Waals surface area contributed by atoms with Gasteiger partial charge in [-0.2, -0.15) is 5.10 Å². The molecule has 2 rings (SSSR count). The summed E-state index contributed by atoms with van der Waals surface area (Å²) in [6.45, 7) is 2.07. The molecule has 0 saturated heterocycles. The largest absolute Gasteiger partial charge is 0.461 e. The Labute approximate surface area is 106 Å². The molecule has 7 heteroatoms. The summed E-state index contributed by atoms with van der Waals surface area (Å²) in [6.07, 6.45) is 4.74. The van der Waals surface area contributed by atoms with Gasteiger partial charge < -0.3 is 4.74 Å². The molecule has 88 valence electrons. The molecule has 0 saturated carbocycles. The summed E-state index contributed by atoms with van der Waals surface area (Å²) in [5.41, 5.74) is 0.244. The van der Waals surface area contributed by atoms with Crippen molar-refractivity contribution in [3.63, 3.8) is 0 Å². The monoisotopic (exact) mass is 296 g/mol. The lowest BCUT2D eigenvalue weighted by molar-refractivity contribution is 0.0519. The summed E-state index contributed by atoms with van der Waals surface area (Å²) in [5, 5.41) is 4.06. The van der Waals surface area contributed by atoms with Crippen LogP contribution in [0.1, 0.15) is 17.4 Å². The van der Waals surface area contributed by atoms with Crippen molar-refractivity contribution in [2.45, 2.75) is 6.92 Å². The molecule has 0 unspecified atom stereocenters. The van der Waals surface area contributed by atoms with Crippen LogP contribution in [0.4, 0.5) is 0 Å². The molecule has 0 spiro atoms. The summed E-state index contributed by atoms with van der Waals surface area (Å²) >= 11 is 3.21. The van der Waals surface area contributed by atoms with Crippen molar-refractivity contribution >= 4 is 21.9 Å². The fraction of sp³-hybridized carbons (Fsp3) is 0.200. The van der Waals surface area contributed by atoms with E-state index in [1.807, 2.05) is 0 Å². The van der Waals surface area contributed by atoms with Gasteiger partial charge in [-0.25, -0.2) is 14.5 Å². The highest BCUT2D eigenvalue weighted by molar-refractivity contribution is 9.10. The SMILES string of the molecule is CCOC(=O)c1ccn(-c2cncc(Br)n2)n1. The van der Waals surface area contributed by atoms with E-state index in [1.54, 1.807) is 31.6 Å². The zero-order chi connectivity index (χ0) is 12.3. The third kappa shape index (κ3) is 2.68. The van der Waals surface area contributed by atoms with Gasteiger partial charge in [-0.15, -0.1) is 0 Å². The maximum Gasteiger partial charge on any atom is 0.358 e. The van der Waals surface area contributed by atoms with Crippen LogP contribution in [-0.4, -0.2) is 32.3 Å². The van der Waals surface area contributed by atoms with Crippen molar-refractivity contribution in [1.29, 1.82) is 0 Å². The van der Waals surface area contributed by atoms with Crippen LogP contribution in [0.25, 0.3) is 5.82 Å². The number of aromatic nitrogens is 4. The van der Waals surface area contributed by atoms with Crippen LogP contribution in [0, 0.1) is 0 Å². The van der Waals surface area contributed by atoms with Crippen molar-refractivity contribution < 1.29 is 9.53 Å². The first-order chi connectivity index (χ1) is 8.20. The van der Waals surface area contributed by atoms with Gasteiger partial charge in [0.2, 0.25) is 0 Å². The Morgan fingerprint density at radius 2 is 2.35 bits per heavy atom. The zero-order valence-electron chi connectivity index (χ0n) is 9.00. The second-order valence-electron chi connectivity index (χ2n) is 3.07. The lowest BCUT2D eigenvalue weighted by Crippen LogP contribution is -2.07. The van der Waals surface area contributed by atoms with Crippen LogP contribution in [0.2, 0.25) is 0 Å². The molecule has 0 aliphatic rings. The first-order valence-corrected chi connectivity index (χ1v) is 5.70. The fourth-order valence-electron chi connectivity index (χ4n) is 1.21. The van der Waals surface area contributed by atoms with E-state index in [4.69, 9.17) is 4.74 Å². The minimum absolute atomic E-state index is 0.244. The van der Waals surface area contributed by atoms with Crippen molar-refractivity contribution in [1.82, 2.24) is 19.7 Å². The highest BCUT2D eigenvalue weighted by Gasteiger charge is 2.11. The molecule has 0 N–H and O–H groups in total. The highest BCUT2D eigenvalue weighted by atomic mass is 79.9. The number of hydrogen-bond donors (Lipinski definition) is 0. The van der Waals surface area contributed by atoms with Crippen LogP contribution in [0.5, 0.6) is 0 Å². The summed E-state index contributed by atoms with van der Waals surface area (Å²) in [7, 11) is 0. The number of halogens is 1. The summed E-state index contributed by atoms with van der Waals surface area (Å²) in [5.74, 6) is 0.0733. The smallest absolute Gasteiger partial charge is 0.358 e. The predicted molar refractivity (Wildman–Crippen MR) is 62.8 cm³/mol. The van der Waals surface area contributed by atoms with Gasteiger partial charge >= 0.3 is 5.97 Å². The number of esters is 1. The minimum Gasteiger partial charge on any atom is -0.461 e. The van der Waals surface area contributed by atoms with Crippen LogP contribution >= 0.6 is 15.9 Å². The molecule has 0 bridgehead atoms. The van der Waals surface area contributed by atoms with Gasteiger partial charge in [0.15, 0.2) is 11.5 Å². The molecule has 2 heterocycles. The number of carbonyl (C=O) groups excluding carboxylic acids is 1. The van der Waals surface area contributed by atoms with E-state index < -0.39 is 5.97 Å². The third-order valence-electron chi connectivity index (χ3n) is 1.90. The van der Waals surface area contributed by atoms with Crippen LogP contribution in [-0.2, 0) is 4.74 Å². The Morgan fingerprint density at radius 1 is 1.53 bits per heavy atom. The van der Waals surface area contributed by atoms with E-state index in [9.17, 15) is 4.79 Å². The molecule has 6 nitrogen and oxygen atoms in total. The number of rotatable bonds is 3. The maximum absolute atomic E-state index is 11.4. The normalized spacial score (nSPS) is 10.2. The van der Waals surface area contributed by atoms with Gasteiger partial charge in [-0.3, -0.25) is 4.98 Å². The van der Waals surface area contributed by atoms with E-state index in [2.05, 4.69) is 31.0 Å². The highest BCUT2D eigenvalue weighted by Crippen LogP contribution is 2.08. The number of nitrogens with zero attached hydrogens (tertiary/aromatic N) is 4. The Balaban J connectivity index is 2.27. The summed E-state index contributed by atoms with van der Waals surface area (Å²) in [4.78, 5) is 19.5. The first-order valence-electron chi connectivity index (χ1n) is 4.91. The fourth-order valence-corrected chi connectivity index (χ4v) is 1.51. The predicted octanol–water partition coefficient (Wildman–Crippen LogP) is 1.60. The van der Waals surface area contributed by atoms with Gasteiger partial charge in [0, 0.05) is 6.20 Å². The average molecular weight is 297 g/mol. The molecule has 2 aromatic rings. The van der Waals surface area contributed by atoms with Crippen molar-refractivity contribution in [2.24, 2.45) is 0 Å². The molecular weight excluding hydrogens is 288 g/mol. The zero-order valence-corrected chi connectivity index (χ0v) is 10.6. The van der Waals surface area contributed by atoms with Gasteiger partial charge in [0.25, 0.3) is 0 Å². The quantitative estimate of drug-likeness (QED) is 0.805. The third-order valence-corrected chi connectivity index (χ3v) is 2.28. The molecule has 17 heavy (non-hydrogen) atoms. The Hall–Kier alpha value is -1.76. The number of ether oxygens (including phenoxy) is 1. The van der Waals surface area contributed by atoms with Crippen molar-refractivity contribution in [2.75, 3.05) is 6.61 Å². The molecule has 0 aromatic carbocycles. The Bertz CT molecular complexity index is 541. The minimum atomic E-state index is -0.450. The van der Waals surface area contributed by atoms with E-state index in [-0.39, 0.29) is 5.69 Å². The standard InChI is InChI=1S/C10H9BrN4O2/c1-2-17-10(16)7-3-4-15(14-7)9-6-12-5-8(11)13-9/h3-6H,2H2,1H3. The van der Waals surface area contributed by atoms with Crippen LogP contribution in [0.15, 0.2) is 29.3 Å². The summed E-state index contributed by atoms with van der Waals surface area (Å²) < 4.78 is 6.90. The van der Waals surface area contributed by atoms with E-state index in [1.165, 1.54) is 4.68 Å². The van der Waals surface area contributed by atoms with Gasteiger partial charge in [0.05, 0.1) is 19.0 Å². The lowest BCUT2D eigenvalue weighted by atomic mass is 10.4.